The van der Waals surface area contributed by atoms with Crippen molar-refractivity contribution in [1.29, 1.82) is 0 Å². The molecule has 0 amide bonds. The number of nitrogens with zero attached hydrogens (tertiary/aromatic N) is 1. The molecule has 1 heterocycles. The Morgan fingerprint density at radius 3 is 3.08 bits per heavy atom. The molecule has 3 unspecified atom stereocenters. The number of aromatic nitrogens is 1. The Bertz CT molecular complexity index is 290. The van der Waals surface area contributed by atoms with Gasteiger partial charge in [-0.15, -0.1) is 11.3 Å². The highest BCUT2D eigenvalue weighted by Gasteiger charge is 2.55. The van der Waals surface area contributed by atoms with E-state index in [2.05, 4.69) is 4.98 Å². The number of hydrogen-bond donors (Lipinski definition) is 1. The molecular formula is C9H12FNOS. The largest absolute Gasteiger partial charge is 0.392 e. The minimum atomic E-state index is -0.824. The van der Waals surface area contributed by atoms with Gasteiger partial charge in [0.25, 0.3) is 0 Å². The van der Waals surface area contributed by atoms with E-state index in [-0.39, 0.29) is 0 Å². The number of aliphatic hydroxyl groups excluding tert-OH is 1. The van der Waals surface area contributed by atoms with Gasteiger partial charge in [-0.25, -0.2) is 4.39 Å². The molecule has 13 heavy (non-hydrogen) atoms. The minimum Gasteiger partial charge on any atom is -0.392 e. The average Bonchev–Trinajstić information content (AvgIpc) is 2.53. The molecule has 0 aromatic carbocycles. The third-order valence-corrected chi connectivity index (χ3v) is 3.62. The molecule has 3 atom stereocenters. The molecule has 1 aromatic rings. The van der Waals surface area contributed by atoms with Crippen molar-refractivity contribution in [3.8, 4) is 0 Å². The van der Waals surface area contributed by atoms with Crippen molar-refractivity contribution in [2.75, 3.05) is 0 Å². The van der Waals surface area contributed by atoms with Crippen LogP contribution in [0, 0.1) is 5.41 Å². The molecule has 0 radical (unpaired) electrons. The van der Waals surface area contributed by atoms with Crippen molar-refractivity contribution < 1.29 is 9.50 Å². The highest BCUT2D eigenvalue weighted by molar-refractivity contribution is 7.09. The van der Waals surface area contributed by atoms with Gasteiger partial charge >= 0.3 is 0 Å². The summed E-state index contributed by atoms with van der Waals surface area (Å²) in [6, 6.07) is 0. The summed E-state index contributed by atoms with van der Waals surface area (Å²) in [6.07, 6.45) is 1.36. The molecule has 1 fully saturated rings. The molecule has 2 rings (SSSR count). The van der Waals surface area contributed by atoms with Gasteiger partial charge in [0, 0.05) is 22.9 Å². The molecule has 1 saturated carbocycles. The van der Waals surface area contributed by atoms with Crippen molar-refractivity contribution in [1.82, 2.24) is 4.98 Å². The lowest BCUT2D eigenvalue weighted by Crippen LogP contribution is -2.23. The van der Waals surface area contributed by atoms with Gasteiger partial charge in [-0.2, -0.15) is 0 Å². The molecule has 0 spiro atoms. The Kier molecular flexibility index (Phi) is 2.12. The van der Waals surface area contributed by atoms with Crippen LogP contribution in [0.1, 0.15) is 18.2 Å². The maximum absolute atomic E-state index is 12.9. The van der Waals surface area contributed by atoms with Gasteiger partial charge in [-0.05, 0) is 6.42 Å². The molecule has 0 aliphatic heterocycles. The molecule has 4 heteroatoms. The molecule has 0 saturated heterocycles. The predicted molar refractivity (Wildman–Crippen MR) is 49.4 cm³/mol. The standard InChI is InChI=1S/C9H12FNOS/c1-9(3-7(9)10)8(12)2-6-4-11-5-13-6/h4-5,7-8,12H,2-3H2,1H3. The first-order valence-corrected chi connectivity index (χ1v) is 5.20. The van der Waals surface area contributed by atoms with E-state index in [9.17, 15) is 9.50 Å². The molecule has 1 aliphatic carbocycles. The highest BCUT2D eigenvalue weighted by Crippen LogP contribution is 2.51. The Morgan fingerprint density at radius 2 is 2.62 bits per heavy atom. The van der Waals surface area contributed by atoms with E-state index in [1.165, 1.54) is 11.3 Å². The van der Waals surface area contributed by atoms with E-state index in [1.807, 2.05) is 0 Å². The summed E-state index contributed by atoms with van der Waals surface area (Å²) in [4.78, 5) is 4.93. The summed E-state index contributed by atoms with van der Waals surface area (Å²) < 4.78 is 12.9. The monoisotopic (exact) mass is 201 g/mol. The Morgan fingerprint density at radius 1 is 1.92 bits per heavy atom. The van der Waals surface area contributed by atoms with Gasteiger partial charge in [-0.3, -0.25) is 4.98 Å². The summed E-state index contributed by atoms with van der Waals surface area (Å²) in [5.74, 6) is 0. The van der Waals surface area contributed by atoms with Crippen LogP contribution in [0.15, 0.2) is 11.7 Å². The molecule has 1 aliphatic rings. The first-order chi connectivity index (χ1) is 6.13. The fourth-order valence-corrected chi connectivity index (χ4v) is 2.07. The Labute approximate surface area is 80.4 Å². The Balaban J connectivity index is 1.96. The van der Waals surface area contributed by atoms with Crippen LogP contribution < -0.4 is 0 Å². The van der Waals surface area contributed by atoms with Crippen molar-refractivity contribution in [2.45, 2.75) is 32.0 Å². The first-order valence-electron chi connectivity index (χ1n) is 4.32. The lowest BCUT2D eigenvalue weighted by atomic mass is 9.98. The van der Waals surface area contributed by atoms with Crippen molar-refractivity contribution in [2.24, 2.45) is 5.41 Å². The predicted octanol–water partition coefficient (Wildman–Crippen LogP) is 1.79. The number of aliphatic hydroxyl groups is 1. The zero-order chi connectivity index (χ0) is 9.47. The summed E-state index contributed by atoms with van der Waals surface area (Å²) in [5.41, 5.74) is 1.23. The van der Waals surface area contributed by atoms with Gasteiger partial charge < -0.3 is 5.11 Å². The van der Waals surface area contributed by atoms with E-state index in [0.29, 0.717) is 12.8 Å². The second-order valence-corrected chi connectivity index (χ2v) is 4.84. The van der Waals surface area contributed by atoms with Crippen molar-refractivity contribution >= 4 is 11.3 Å². The zero-order valence-electron chi connectivity index (χ0n) is 7.40. The minimum absolute atomic E-state index is 0.493. The molecule has 1 aromatic heterocycles. The molecular weight excluding hydrogens is 189 g/mol. The number of rotatable bonds is 3. The summed E-state index contributed by atoms with van der Waals surface area (Å²) in [5, 5.41) is 9.73. The smallest absolute Gasteiger partial charge is 0.109 e. The third-order valence-electron chi connectivity index (χ3n) is 2.81. The van der Waals surface area contributed by atoms with Gasteiger partial charge in [0.05, 0.1) is 11.6 Å². The van der Waals surface area contributed by atoms with Crippen molar-refractivity contribution in [3.63, 3.8) is 0 Å². The molecule has 1 N–H and O–H groups in total. The average molecular weight is 201 g/mol. The third kappa shape index (κ3) is 1.60. The normalized spacial score (nSPS) is 34.5. The highest BCUT2D eigenvalue weighted by atomic mass is 32.1. The van der Waals surface area contributed by atoms with Crippen LogP contribution in [0.4, 0.5) is 4.39 Å². The maximum atomic E-state index is 12.9. The summed E-state index contributed by atoms with van der Waals surface area (Å²) >= 11 is 1.50. The number of thiazole rings is 1. The lowest BCUT2D eigenvalue weighted by Gasteiger charge is -2.15. The van der Waals surface area contributed by atoms with Crippen LogP contribution >= 0.6 is 11.3 Å². The van der Waals surface area contributed by atoms with E-state index in [0.717, 1.165) is 4.88 Å². The van der Waals surface area contributed by atoms with Crippen LogP contribution in [0.2, 0.25) is 0 Å². The van der Waals surface area contributed by atoms with E-state index >= 15 is 0 Å². The molecule has 2 nitrogen and oxygen atoms in total. The van der Waals surface area contributed by atoms with Gasteiger partial charge in [-0.1, -0.05) is 6.92 Å². The zero-order valence-corrected chi connectivity index (χ0v) is 8.22. The van der Waals surface area contributed by atoms with E-state index in [1.54, 1.807) is 18.6 Å². The van der Waals surface area contributed by atoms with Crippen LogP contribution in [0.25, 0.3) is 0 Å². The number of hydrogen-bond acceptors (Lipinski definition) is 3. The number of alkyl halides is 1. The fraction of sp³-hybridized carbons (Fsp3) is 0.667. The second-order valence-electron chi connectivity index (χ2n) is 3.87. The van der Waals surface area contributed by atoms with Crippen LogP contribution in [-0.4, -0.2) is 22.4 Å². The van der Waals surface area contributed by atoms with Crippen LogP contribution in [-0.2, 0) is 6.42 Å². The second kappa shape index (κ2) is 3.03. The maximum Gasteiger partial charge on any atom is 0.109 e. The lowest BCUT2D eigenvalue weighted by molar-refractivity contribution is 0.0883. The quantitative estimate of drug-likeness (QED) is 0.808. The van der Waals surface area contributed by atoms with Crippen LogP contribution in [0.3, 0.4) is 0 Å². The molecule has 0 bridgehead atoms. The van der Waals surface area contributed by atoms with Gasteiger partial charge in [0.2, 0.25) is 0 Å². The summed E-state index contributed by atoms with van der Waals surface area (Å²) in [6.45, 7) is 1.80. The SMILES string of the molecule is CC1(C(O)Cc2cncs2)CC1F. The van der Waals surface area contributed by atoms with Gasteiger partial charge in [0.15, 0.2) is 0 Å². The first kappa shape index (κ1) is 9.09. The van der Waals surface area contributed by atoms with Crippen molar-refractivity contribution in [3.05, 3.63) is 16.6 Å². The topological polar surface area (TPSA) is 33.1 Å². The molecule has 72 valence electrons. The van der Waals surface area contributed by atoms with E-state index in [4.69, 9.17) is 0 Å². The Hall–Kier alpha value is -0.480. The van der Waals surface area contributed by atoms with Gasteiger partial charge in [0.1, 0.15) is 6.17 Å². The number of halogens is 1. The van der Waals surface area contributed by atoms with Crippen LogP contribution in [0.5, 0.6) is 0 Å². The fourth-order valence-electron chi connectivity index (χ4n) is 1.44. The van der Waals surface area contributed by atoms with E-state index < -0.39 is 17.7 Å². The summed E-state index contributed by atoms with van der Waals surface area (Å²) in [7, 11) is 0.